The van der Waals surface area contributed by atoms with Crippen molar-refractivity contribution in [3.05, 3.63) is 0 Å². The van der Waals surface area contributed by atoms with Gasteiger partial charge in [-0.05, 0) is 44.4 Å². The van der Waals surface area contributed by atoms with E-state index in [1.165, 1.54) is 51.4 Å². The molecule has 18 heavy (non-hydrogen) atoms. The monoisotopic (exact) mass is 252 g/mol. The Labute approximate surface area is 111 Å². The molecule has 0 spiro atoms. The molecule has 0 aromatic rings. The third kappa shape index (κ3) is 2.89. The molecule has 3 atom stereocenters. The van der Waals surface area contributed by atoms with Crippen molar-refractivity contribution in [3.63, 3.8) is 0 Å². The number of rotatable bonds is 4. The molecule has 0 amide bonds. The van der Waals surface area contributed by atoms with E-state index in [9.17, 15) is 0 Å². The number of nitrogens with one attached hydrogen (secondary N) is 2. The number of hydrogen-bond donors (Lipinski definition) is 2. The van der Waals surface area contributed by atoms with Crippen LogP contribution >= 0.6 is 0 Å². The van der Waals surface area contributed by atoms with Gasteiger partial charge in [0.15, 0.2) is 0 Å². The van der Waals surface area contributed by atoms with E-state index < -0.39 is 0 Å². The van der Waals surface area contributed by atoms with Crippen molar-refractivity contribution in [2.45, 2.75) is 75.6 Å². The van der Waals surface area contributed by atoms with Gasteiger partial charge in [-0.15, -0.1) is 0 Å². The molecule has 1 aliphatic heterocycles. The average Bonchev–Trinajstić information content (AvgIpc) is 2.37. The van der Waals surface area contributed by atoms with Crippen LogP contribution in [0.2, 0.25) is 0 Å². The Morgan fingerprint density at radius 1 is 1.11 bits per heavy atom. The van der Waals surface area contributed by atoms with Crippen LogP contribution in [0.5, 0.6) is 0 Å². The van der Waals surface area contributed by atoms with Gasteiger partial charge in [-0.3, -0.25) is 0 Å². The molecule has 0 aromatic heterocycles. The van der Waals surface area contributed by atoms with E-state index in [1.54, 1.807) is 0 Å². The van der Waals surface area contributed by atoms with Crippen LogP contribution in [0.15, 0.2) is 0 Å². The Balaban J connectivity index is 1.36. The molecule has 2 saturated carbocycles. The lowest BCUT2D eigenvalue weighted by atomic mass is 9.77. The van der Waals surface area contributed by atoms with Gasteiger partial charge in [-0.1, -0.05) is 12.8 Å². The second kappa shape index (κ2) is 5.89. The summed E-state index contributed by atoms with van der Waals surface area (Å²) in [7, 11) is 1.83. The van der Waals surface area contributed by atoms with Gasteiger partial charge in [-0.25, -0.2) is 0 Å². The van der Waals surface area contributed by atoms with Crippen LogP contribution in [-0.2, 0) is 4.74 Å². The van der Waals surface area contributed by atoms with Crippen molar-refractivity contribution < 1.29 is 4.74 Å². The minimum Gasteiger partial charge on any atom is -0.381 e. The summed E-state index contributed by atoms with van der Waals surface area (Å²) < 4.78 is 5.32. The predicted molar refractivity (Wildman–Crippen MR) is 73.7 cm³/mol. The lowest BCUT2D eigenvalue weighted by Crippen LogP contribution is -2.55. The third-order valence-corrected chi connectivity index (χ3v) is 5.33. The Hall–Kier alpha value is -0.120. The zero-order valence-electron chi connectivity index (χ0n) is 11.7. The second-order valence-electron chi connectivity index (χ2n) is 6.53. The van der Waals surface area contributed by atoms with E-state index >= 15 is 0 Å². The lowest BCUT2D eigenvalue weighted by Gasteiger charge is -2.42. The summed E-state index contributed by atoms with van der Waals surface area (Å²) in [4.78, 5) is 0. The molecule has 0 aromatic carbocycles. The van der Waals surface area contributed by atoms with Crippen molar-refractivity contribution >= 4 is 0 Å². The van der Waals surface area contributed by atoms with E-state index in [1.807, 2.05) is 7.11 Å². The summed E-state index contributed by atoms with van der Waals surface area (Å²) in [5.41, 5.74) is 0. The fraction of sp³-hybridized carbons (Fsp3) is 1.00. The number of methoxy groups -OCH3 is 1. The Bertz CT molecular complexity index is 265. The molecule has 2 aliphatic carbocycles. The van der Waals surface area contributed by atoms with Crippen LogP contribution in [0, 0.1) is 5.92 Å². The maximum atomic E-state index is 5.32. The molecule has 3 fully saturated rings. The standard InChI is InChI=1S/C15H28N2O/c1-18-14-8-13(9-14)16-10-12-7-6-11-4-2-3-5-15(11)17-12/h11-17H,2-10H2,1H3. The molecule has 104 valence electrons. The molecule has 0 bridgehead atoms. The molecule has 3 unspecified atom stereocenters. The Morgan fingerprint density at radius 3 is 2.78 bits per heavy atom. The van der Waals surface area contributed by atoms with E-state index in [0.717, 1.165) is 18.5 Å². The first kappa shape index (κ1) is 12.9. The Kier molecular flexibility index (Phi) is 4.22. The number of piperidine rings is 1. The highest BCUT2D eigenvalue weighted by Gasteiger charge is 2.33. The SMILES string of the molecule is COC1CC(NCC2CCC3CCCCC3N2)C1. The highest BCUT2D eigenvalue weighted by Crippen LogP contribution is 2.32. The van der Waals surface area contributed by atoms with Crippen LogP contribution in [0.3, 0.4) is 0 Å². The van der Waals surface area contributed by atoms with Gasteiger partial charge in [0.05, 0.1) is 6.10 Å². The van der Waals surface area contributed by atoms with Crippen LogP contribution in [-0.4, -0.2) is 37.9 Å². The first-order valence-corrected chi connectivity index (χ1v) is 7.87. The molecule has 3 aliphatic rings. The normalized spacial score (nSPS) is 44.2. The zero-order valence-corrected chi connectivity index (χ0v) is 11.7. The molecule has 1 saturated heterocycles. The lowest BCUT2D eigenvalue weighted by molar-refractivity contribution is 0.0161. The van der Waals surface area contributed by atoms with Crippen molar-refractivity contribution in [1.29, 1.82) is 0 Å². The van der Waals surface area contributed by atoms with E-state index in [-0.39, 0.29) is 0 Å². The van der Waals surface area contributed by atoms with Gasteiger partial charge < -0.3 is 15.4 Å². The fourth-order valence-electron chi connectivity index (χ4n) is 3.97. The quantitative estimate of drug-likeness (QED) is 0.803. The maximum Gasteiger partial charge on any atom is 0.0601 e. The van der Waals surface area contributed by atoms with Crippen molar-refractivity contribution in [2.75, 3.05) is 13.7 Å². The van der Waals surface area contributed by atoms with Crippen LogP contribution < -0.4 is 10.6 Å². The van der Waals surface area contributed by atoms with Gasteiger partial charge >= 0.3 is 0 Å². The van der Waals surface area contributed by atoms with Crippen molar-refractivity contribution in [3.8, 4) is 0 Å². The minimum atomic E-state index is 0.518. The van der Waals surface area contributed by atoms with Crippen LogP contribution in [0.25, 0.3) is 0 Å². The fourth-order valence-corrected chi connectivity index (χ4v) is 3.97. The van der Waals surface area contributed by atoms with E-state index in [2.05, 4.69) is 10.6 Å². The summed E-state index contributed by atoms with van der Waals surface area (Å²) >= 11 is 0. The Morgan fingerprint density at radius 2 is 1.94 bits per heavy atom. The summed E-state index contributed by atoms with van der Waals surface area (Å²) in [6.07, 6.45) is 11.5. The molecule has 3 rings (SSSR count). The zero-order chi connectivity index (χ0) is 12.4. The molecule has 3 heteroatoms. The molecule has 3 nitrogen and oxygen atoms in total. The molecular weight excluding hydrogens is 224 g/mol. The molecule has 0 radical (unpaired) electrons. The first-order valence-electron chi connectivity index (χ1n) is 7.87. The number of ether oxygens (including phenoxy) is 1. The second-order valence-corrected chi connectivity index (χ2v) is 6.53. The number of hydrogen-bond acceptors (Lipinski definition) is 3. The smallest absolute Gasteiger partial charge is 0.0601 e. The molecular formula is C15H28N2O. The highest BCUT2D eigenvalue weighted by atomic mass is 16.5. The molecule has 1 heterocycles. The minimum absolute atomic E-state index is 0.518. The van der Waals surface area contributed by atoms with Gasteiger partial charge in [0.25, 0.3) is 0 Å². The first-order chi connectivity index (χ1) is 8.85. The molecule has 2 N–H and O–H groups in total. The number of fused-ring (bicyclic) bond motifs is 1. The summed E-state index contributed by atoms with van der Waals surface area (Å²) in [6.45, 7) is 1.16. The summed E-state index contributed by atoms with van der Waals surface area (Å²) in [6, 6.07) is 2.25. The summed E-state index contributed by atoms with van der Waals surface area (Å²) in [5.74, 6) is 0.983. The van der Waals surface area contributed by atoms with Gasteiger partial charge in [0, 0.05) is 31.8 Å². The van der Waals surface area contributed by atoms with Gasteiger partial charge in [-0.2, -0.15) is 0 Å². The maximum absolute atomic E-state index is 5.32. The van der Waals surface area contributed by atoms with Crippen LogP contribution in [0.4, 0.5) is 0 Å². The van der Waals surface area contributed by atoms with Gasteiger partial charge in [0.2, 0.25) is 0 Å². The predicted octanol–water partition coefficient (Wildman–Crippen LogP) is 2.06. The van der Waals surface area contributed by atoms with E-state index in [0.29, 0.717) is 18.2 Å². The van der Waals surface area contributed by atoms with E-state index in [4.69, 9.17) is 4.74 Å². The van der Waals surface area contributed by atoms with Crippen molar-refractivity contribution in [2.24, 2.45) is 5.92 Å². The topological polar surface area (TPSA) is 33.3 Å². The van der Waals surface area contributed by atoms with Gasteiger partial charge in [0.1, 0.15) is 0 Å². The third-order valence-electron chi connectivity index (χ3n) is 5.33. The highest BCUT2D eigenvalue weighted by molar-refractivity contribution is 4.92. The van der Waals surface area contributed by atoms with Crippen molar-refractivity contribution in [1.82, 2.24) is 10.6 Å². The largest absolute Gasteiger partial charge is 0.381 e. The average molecular weight is 252 g/mol. The summed E-state index contributed by atoms with van der Waals surface area (Å²) in [5, 5.41) is 7.60. The van der Waals surface area contributed by atoms with Crippen LogP contribution in [0.1, 0.15) is 51.4 Å².